The lowest BCUT2D eigenvalue weighted by Crippen LogP contribution is -2.42. The molecule has 0 amide bonds. The van der Waals surface area contributed by atoms with Crippen molar-refractivity contribution in [3.8, 4) is 0 Å². The molecule has 0 radical (unpaired) electrons. The van der Waals surface area contributed by atoms with Gasteiger partial charge in [-0.25, -0.2) is 0 Å². The predicted molar refractivity (Wildman–Crippen MR) is 48.4 cm³/mol. The SMILES string of the molecule is CCC(OC)C(N=O)C(O)C(C)O. The number of hydrogen-bond acceptors (Lipinski definition) is 5. The highest BCUT2D eigenvalue weighted by molar-refractivity contribution is 4.85. The Labute approximate surface area is 77.7 Å². The van der Waals surface area contributed by atoms with Crippen molar-refractivity contribution in [2.24, 2.45) is 5.18 Å². The van der Waals surface area contributed by atoms with Crippen LogP contribution in [-0.2, 0) is 4.74 Å². The first-order valence-electron chi connectivity index (χ1n) is 4.29. The van der Waals surface area contributed by atoms with E-state index in [0.717, 1.165) is 0 Å². The number of ether oxygens (including phenoxy) is 1. The minimum absolute atomic E-state index is 0.443. The lowest BCUT2D eigenvalue weighted by molar-refractivity contribution is -0.0318. The van der Waals surface area contributed by atoms with Crippen molar-refractivity contribution in [2.75, 3.05) is 7.11 Å². The van der Waals surface area contributed by atoms with Crippen LogP contribution in [0.4, 0.5) is 0 Å². The molecule has 0 aliphatic carbocycles. The summed E-state index contributed by atoms with van der Waals surface area (Å²) in [6.07, 6.45) is -2.02. The van der Waals surface area contributed by atoms with Gasteiger partial charge in [0.1, 0.15) is 12.1 Å². The maximum atomic E-state index is 10.4. The van der Waals surface area contributed by atoms with Crippen LogP contribution in [0.5, 0.6) is 0 Å². The molecule has 0 aromatic rings. The molecule has 4 unspecified atom stereocenters. The Bertz CT molecular complexity index is 145. The van der Waals surface area contributed by atoms with E-state index < -0.39 is 24.4 Å². The highest BCUT2D eigenvalue weighted by Crippen LogP contribution is 2.13. The smallest absolute Gasteiger partial charge is 0.146 e. The highest BCUT2D eigenvalue weighted by Gasteiger charge is 2.31. The van der Waals surface area contributed by atoms with E-state index in [4.69, 9.17) is 9.84 Å². The van der Waals surface area contributed by atoms with Crippen molar-refractivity contribution in [1.82, 2.24) is 0 Å². The summed E-state index contributed by atoms with van der Waals surface area (Å²) in [5.41, 5.74) is 0. The van der Waals surface area contributed by atoms with Crippen LogP contribution < -0.4 is 0 Å². The topological polar surface area (TPSA) is 79.1 Å². The Hall–Kier alpha value is -0.520. The van der Waals surface area contributed by atoms with Gasteiger partial charge < -0.3 is 14.9 Å². The molecule has 0 fully saturated rings. The van der Waals surface area contributed by atoms with Gasteiger partial charge in [0.2, 0.25) is 0 Å². The Kier molecular flexibility index (Phi) is 5.77. The zero-order valence-corrected chi connectivity index (χ0v) is 8.17. The molecule has 0 saturated carbocycles. The first kappa shape index (κ1) is 12.5. The summed E-state index contributed by atoms with van der Waals surface area (Å²) in [5, 5.41) is 21.2. The number of rotatable bonds is 6. The zero-order valence-electron chi connectivity index (χ0n) is 8.17. The molecular formula is C8H17NO4. The summed E-state index contributed by atoms with van der Waals surface area (Å²) in [6.45, 7) is 3.23. The monoisotopic (exact) mass is 191 g/mol. The molecule has 0 aliphatic heterocycles. The van der Waals surface area contributed by atoms with E-state index in [0.29, 0.717) is 6.42 Å². The lowest BCUT2D eigenvalue weighted by atomic mass is 10.00. The average molecular weight is 191 g/mol. The third kappa shape index (κ3) is 3.38. The number of nitroso groups, excluding NO2 is 1. The van der Waals surface area contributed by atoms with Crippen LogP contribution in [0, 0.1) is 4.91 Å². The molecule has 0 bridgehead atoms. The fraction of sp³-hybridized carbons (Fsp3) is 1.00. The summed E-state index contributed by atoms with van der Waals surface area (Å²) >= 11 is 0. The van der Waals surface area contributed by atoms with Crippen molar-refractivity contribution in [1.29, 1.82) is 0 Å². The largest absolute Gasteiger partial charge is 0.391 e. The molecule has 4 atom stereocenters. The molecule has 0 rings (SSSR count). The third-order valence-corrected chi connectivity index (χ3v) is 2.05. The van der Waals surface area contributed by atoms with Gasteiger partial charge in [-0.3, -0.25) is 0 Å². The minimum atomic E-state index is -1.16. The quantitative estimate of drug-likeness (QED) is 0.591. The predicted octanol–water partition coefficient (Wildman–Crippen LogP) is 0.288. The Morgan fingerprint density at radius 3 is 2.23 bits per heavy atom. The zero-order chi connectivity index (χ0) is 10.4. The van der Waals surface area contributed by atoms with Gasteiger partial charge in [-0.1, -0.05) is 12.1 Å². The van der Waals surface area contributed by atoms with E-state index in [1.165, 1.54) is 14.0 Å². The van der Waals surface area contributed by atoms with E-state index in [9.17, 15) is 10.0 Å². The van der Waals surface area contributed by atoms with Crippen LogP contribution in [0.2, 0.25) is 0 Å². The maximum absolute atomic E-state index is 10.4. The molecule has 13 heavy (non-hydrogen) atoms. The van der Waals surface area contributed by atoms with Crippen LogP contribution in [0.1, 0.15) is 20.3 Å². The minimum Gasteiger partial charge on any atom is -0.391 e. The second kappa shape index (κ2) is 6.01. The average Bonchev–Trinajstić information content (AvgIpc) is 2.12. The van der Waals surface area contributed by atoms with E-state index in [-0.39, 0.29) is 0 Å². The molecule has 2 N–H and O–H groups in total. The second-order valence-corrected chi connectivity index (χ2v) is 3.01. The third-order valence-electron chi connectivity index (χ3n) is 2.05. The van der Waals surface area contributed by atoms with Gasteiger partial charge in [-0.05, 0) is 13.3 Å². The number of aliphatic hydroxyl groups is 2. The summed E-state index contributed by atoms with van der Waals surface area (Å²) in [7, 11) is 1.45. The van der Waals surface area contributed by atoms with Crippen molar-refractivity contribution < 1.29 is 14.9 Å². The van der Waals surface area contributed by atoms with Gasteiger partial charge in [-0.2, -0.15) is 4.91 Å². The van der Waals surface area contributed by atoms with Crippen LogP contribution in [0.3, 0.4) is 0 Å². The van der Waals surface area contributed by atoms with Crippen LogP contribution in [0.25, 0.3) is 0 Å². The molecule has 78 valence electrons. The van der Waals surface area contributed by atoms with Gasteiger partial charge in [0, 0.05) is 7.11 Å². The van der Waals surface area contributed by atoms with E-state index in [2.05, 4.69) is 5.18 Å². The number of methoxy groups -OCH3 is 1. The van der Waals surface area contributed by atoms with Crippen molar-refractivity contribution >= 4 is 0 Å². The highest BCUT2D eigenvalue weighted by atomic mass is 16.5. The van der Waals surface area contributed by atoms with Crippen molar-refractivity contribution in [3.05, 3.63) is 4.91 Å². The molecule has 0 heterocycles. The fourth-order valence-corrected chi connectivity index (χ4v) is 1.18. The molecule has 0 spiro atoms. The van der Waals surface area contributed by atoms with Gasteiger partial charge in [0.05, 0.1) is 12.2 Å². The van der Waals surface area contributed by atoms with Crippen molar-refractivity contribution in [2.45, 2.75) is 44.6 Å². The fourth-order valence-electron chi connectivity index (χ4n) is 1.18. The summed E-state index contributed by atoms with van der Waals surface area (Å²) in [5.74, 6) is 0. The van der Waals surface area contributed by atoms with Crippen molar-refractivity contribution in [3.63, 3.8) is 0 Å². The molecule has 0 aromatic carbocycles. The van der Waals surface area contributed by atoms with Crippen LogP contribution in [0.15, 0.2) is 5.18 Å². The standard InChI is InChI=1S/C8H17NO4/c1-4-6(13-3)7(9-12)8(11)5(2)10/h5-8,10-11H,4H2,1-3H3. The Morgan fingerprint density at radius 1 is 1.46 bits per heavy atom. The van der Waals surface area contributed by atoms with E-state index in [1.807, 2.05) is 6.92 Å². The number of nitrogens with zero attached hydrogens (tertiary/aromatic N) is 1. The van der Waals surface area contributed by atoms with E-state index >= 15 is 0 Å². The summed E-state index contributed by atoms with van der Waals surface area (Å²) in [4.78, 5) is 10.4. The molecule has 5 nitrogen and oxygen atoms in total. The lowest BCUT2D eigenvalue weighted by Gasteiger charge is -2.24. The summed E-state index contributed by atoms with van der Waals surface area (Å²) in [6, 6.07) is -0.907. The van der Waals surface area contributed by atoms with Crippen LogP contribution >= 0.6 is 0 Å². The maximum Gasteiger partial charge on any atom is 0.146 e. The summed E-state index contributed by atoms with van der Waals surface area (Å²) < 4.78 is 4.96. The van der Waals surface area contributed by atoms with Gasteiger partial charge in [0.15, 0.2) is 0 Å². The Morgan fingerprint density at radius 2 is 2.00 bits per heavy atom. The number of aliphatic hydroxyl groups excluding tert-OH is 2. The molecule has 0 saturated heterocycles. The molecular weight excluding hydrogens is 174 g/mol. The number of hydrogen-bond donors (Lipinski definition) is 2. The molecule has 0 aliphatic rings. The van der Waals surface area contributed by atoms with Gasteiger partial charge in [0.25, 0.3) is 0 Å². The second-order valence-electron chi connectivity index (χ2n) is 3.01. The first-order valence-corrected chi connectivity index (χ1v) is 4.29. The molecule has 0 aromatic heterocycles. The van der Waals surface area contributed by atoms with Crippen LogP contribution in [-0.4, -0.2) is 41.7 Å². The van der Waals surface area contributed by atoms with Gasteiger partial charge in [-0.15, -0.1) is 0 Å². The normalized spacial score (nSPS) is 20.4. The van der Waals surface area contributed by atoms with Gasteiger partial charge >= 0.3 is 0 Å². The first-order chi connectivity index (χ1) is 6.08. The Balaban J connectivity index is 4.37. The van der Waals surface area contributed by atoms with E-state index in [1.54, 1.807) is 0 Å². The molecule has 5 heteroatoms.